The summed E-state index contributed by atoms with van der Waals surface area (Å²) in [5.41, 5.74) is 1.24. The van der Waals surface area contributed by atoms with Crippen molar-refractivity contribution in [2.24, 2.45) is 35.5 Å². The average Bonchev–Trinajstić information content (AvgIpc) is 3.35. The fourth-order valence-electron chi connectivity index (χ4n) is 10.5. The lowest BCUT2D eigenvalue weighted by Gasteiger charge is -2.42. The topological polar surface area (TPSA) is 214 Å². The molecule has 15 atom stereocenters. The lowest BCUT2D eigenvalue weighted by atomic mass is 9.78. The molecule has 4 aliphatic rings. The third kappa shape index (κ3) is 15.9. The van der Waals surface area contributed by atoms with Crippen molar-refractivity contribution in [1.82, 2.24) is 9.96 Å². The van der Waals surface area contributed by atoms with E-state index in [4.69, 9.17) is 33.3 Å². The second-order valence-corrected chi connectivity index (χ2v) is 20.6. The Morgan fingerprint density at radius 3 is 2.25 bits per heavy atom. The fraction of sp³-hybridized carbons (Fsp3) is 0.741. The van der Waals surface area contributed by atoms with Gasteiger partial charge in [0.15, 0.2) is 5.78 Å². The van der Waals surface area contributed by atoms with Gasteiger partial charge >= 0.3 is 12.1 Å². The molecule has 0 aromatic heterocycles. The number of rotatable bonds is 8. The van der Waals surface area contributed by atoms with Crippen LogP contribution in [-0.2, 0) is 57.2 Å². The summed E-state index contributed by atoms with van der Waals surface area (Å²) in [6.07, 6.45) is 9.88. The molecule has 1 saturated carbocycles. The van der Waals surface area contributed by atoms with Gasteiger partial charge in [-0.3, -0.25) is 24.0 Å². The molecule has 0 unspecified atom stereocenters. The quantitative estimate of drug-likeness (QED) is 0.111. The number of carbonyl (C=O) groups is 6. The molecular weight excluding hydrogens is 917 g/mol. The minimum atomic E-state index is -2.45. The maximum atomic E-state index is 14.5. The highest BCUT2D eigenvalue weighted by Gasteiger charge is 2.53. The number of methoxy groups -OCH3 is 3. The molecule has 3 fully saturated rings. The van der Waals surface area contributed by atoms with Gasteiger partial charge in [-0.15, -0.1) is 0 Å². The Morgan fingerprint density at radius 1 is 0.873 bits per heavy atom. The summed E-state index contributed by atoms with van der Waals surface area (Å²) in [5, 5.41) is 24.5. The number of carbonyl (C=O) groups excluding carboxylic acids is 6. The molecule has 3 heterocycles. The molecule has 0 aromatic carbocycles. The maximum absolute atomic E-state index is 14.5. The predicted octanol–water partition coefficient (Wildman–Crippen LogP) is 6.82. The Kier molecular flexibility index (Phi) is 23.3. The zero-order chi connectivity index (χ0) is 52.7. The first kappa shape index (κ1) is 59.5. The number of piperidine rings is 1. The van der Waals surface area contributed by atoms with Crippen molar-refractivity contribution < 1.29 is 72.2 Å². The first-order valence-corrected chi connectivity index (χ1v) is 25.6. The molecule has 17 nitrogen and oxygen atoms in total. The number of ketones is 3. The number of aliphatic hydroxyl groups excluding tert-OH is 1. The van der Waals surface area contributed by atoms with Gasteiger partial charge in [0, 0.05) is 65.5 Å². The SMILES string of the molecule is CO[C@H]1C[C@@H]2CC[C@@H](C)[C@@](O)(O2)C(=O)C(=O)N2CCCC[C@H]2C(=O)O[C@H]([C@H](C)C[C@@H]2CC[C@@H](OC(=O)N(C)OC)[C@H](OC)C2)CC(=O)[C@H](C)/C=C(\C)[C@@H](O)[C@@H](OC)C(=O)[C@@H](C)C[C@H](C)/C=C/C=C/C=C/1C. The minimum absolute atomic E-state index is 0.00393. The van der Waals surface area contributed by atoms with E-state index in [2.05, 4.69) is 0 Å². The van der Waals surface area contributed by atoms with Crippen LogP contribution in [0.3, 0.4) is 0 Å². The van der Waals surface area contributed by atoms with Gasteiger partial charge < -0.3 is 43.5 Å². The van der Waals surface area contributed by atoms with Gasteiger partial charge in [0.2, 0.25) is 5.79 Å². The number of Topliss-reactive ketones (excluding diaryl/α,β-unsaturated/α-hetero) is 3. The van der Waals surface area contributed by atoms with Gasteiger partial charge in [-0.25, -0.2) is 9.59 Å². The molecule has 0 aromatic rings. The van der Waals surface area contributed by atoms with Gasteiger partial charge in [0.1, 0.15) is 36.2 Å². The summed E-state index contributed by atoms with van der Waals surface area (Å²) in [6.45, 7) is 12.6. The van der Waals surface area contributed by atoms with E-state index in [1.54, 1.807) is 48.0 Å². The van der Waals surface area contributed by atoms with Crippen LogP contribution >= 0.6 is 0 Å². The monoisotopic (exact) mass is 1000 g/mol. The van der Waals surface area contributed by atoms with E-state index in [0.29, 0.717) is 69.8 Å². The van der Waals surface area contributed by atoms with E-state index in [1.165, 1.54) is 26.2 Å². The van der Waals surface area contributed by atoms with E-state index in [0.717, 1.165) is 10.6 Å². The maximum Gasteiger partial charge on any atom is 0.434 e. The summed E-state index contributed by atoms with van der Waals surface area (Å²) in [6, 6.07) is -1.18. The van der Waals surface area contributed by atoms with Crippen LogP contribution in [-0.4, -0.2) is 152 Å². The number of hydroxylamine groups is 2. The van der Waals surface area contributed by atoms with Gasteiger partial charge in [-0.2, -0.15) is 5.06 Å². The third-order valence-electron chi connectivity index (χ3n) is 15.2. The van der Waals surface area contributed by atoms with E-state index >= 15 is 0 Å². The molecule has 1 aliphatic carbocycles. The number of fused-ring (bicyclic) bond motifs is 3. The number of cyclic esters (lactones) is 1. The highest BCUT2D eigenvalue weighted by atomic mass is 16.7. The Bertz CT molecular complexity index is 1950. The lowest BCUT2D eigenvalue weighted by molar-refractivity contribution is -0.265. The number of amides is 2. The summed E-state index contributed by atoms with van der Waals surface area (Å²) in [4.78, 5) is 89.8. The number of allylic oxidation sites excluding steroid dienone is 6. The van der Waals surface area contributed by atoms with Gasteiger partial charge in [-0.1, -0.05) is 71.1 Å². The molecular formula is C54H84N2O15. The van der Waals surface area contributed by atoms with Crippen LogP contribution in [0.25, 0.3) is 0 Å². The number of esters is 1. The zero-order valence-electron chi connectivity index (χ0n) is 44.3. The first-order chi connectivity index (χ1) is 33.6. The molecule has 3 aliphatic heterocycles. The van der Waals surface area contributed by atoms with Crippen molar-refractivity contribution in [3.63, 3.8) is 0 Å². The average molecular weight is 1000 g/mol. The number of ether oxygens (including phenoxy) is 6. The molecule has 4 rings (SSSR count). The molecule has 0 radical (unpaired) electrons. The Labute approximate surface area is 421 Å². The summed E-state index contributed by atoms with van der Waals surface area (Å²) in [7, 11) is 7.30. The van der Waals surface area contributed by atoms with Crippen LogP contribution in [0.2, 0.25) is 0 Å². The molecule has 2 saturated heterocycles. The van der Waals surface area contributed by atoms with Gasteiger partial charge in [0.25, 0.3) is 11.7 Å². The summed E-state index contributed by atoms with van der Waals surface area (Å²) >= 11 is 0. The van der Waals surface area contributed by atoms with E-state index in [9.17, 15) is 39.0 Å². The first-order valence-electron chi connectivity index (χ1n) is 25.6. The van der Waals surface area contributed by atoms with E-state index in [-0.39, 0.29) is 42.8 Å². The van der Waals surface area contributed by atoms with Crippen molar-refractivity contribution in [3.8, 4) is 0 Å². The minimum Gasteiger partial charge on any atom is -0.460 e. The highest BCUT2D eigenvalue weighted by Crippen LogP contribution is 2.38. The van der Waals surface area contributed by atoms with Crippen molar-refractivity contribution in [2.75, 3.05) is 42.0 Å². The van der Waals surface area contributed by atoms with Crippen molar-refractivity contribution in [1.29, 1.82) is 0 Å². The predicted molar refractivity (Wildman–Crippen MR) is 264 cm³/mol. The van der Waals surface area contributed by atoms with Crippen LogP contribution in [0.15, 0.2) is 47.6 Å². The van der Waals surface area contributed by atoms with Gasteiger partial charge in [0.05, 0.1) is 25.4 Å². The number of nitrogens with zero attached hydrogens (tertiary/aromatic N) is 2. The van der Waals surface area contributed by atoms with E-state index in [1.807, 2.05) is 51.2 Å². The Morgan fingerprint density at radius 2 is 1.59 bits per heavy atom. The van der Waals surface area contributed by atoms with Crippen LogP contribution in [0.5, 0.6) is 0 Å². The zero-order valence-corrected chi connectivity index (χ0v) is 44.3. The highest BCUT2D eigenvalue weighted by molar-refractivity contribution is 6.39. The Balaban J connectivity index is 1.69. The Hall–Kier alpha value is -4.10. The fourth-order valence-corrected chi connectivity index (χ4v) is 10.5. The van der Waals surface area contributed by atoms with Crippen molar-refractivity contribution in [2.45, 2.75) is 180 Å². The summed E-state index contributed by atoms with van der Waals surface area (Å²) in [5.74, 6) is -8.34. The molecule has 2 N–H and O–H groups in total. The lowest BCUT2D eigenvalue weighted by Crippen LogP contribution is -2.61. The molecule has 71 heavy (non-hydrogen) atoms. The number of hydrogen-bond donors (Lipinski definition) is 2. The largest absolute Gasteiger partial charge is 0.460 e. The second-order valence-electron chi connectivity index (χ2n) is 20.6. The third-order valence-corrected chi connectivity index (χ3v) is 15.2. The van der Waals surface area contributed by atoms with Crippen molar-refractivity contribution >= 4 is 35.3 Å². The van der Waals surface area contributed by atoms with Crippen molar-refractivity contribution in [3.05, 3.63) is 47.6 Å². The van der Waals surface area contributed by atoms with E-state index < -0.39 is 102 Å². The number of hydrogen-bond acceptors (Lipinski definition) is 15. The standard InChI is InChI=1S/C54H84N2O15/c1-32-18-14-13-15-19-33(2)44(65-9)30-40-23-21-38(7)54(64,71-40)50(60)51(61)56-25-17-16-20-41(56)52(62)69-45(31-42(57)34(3)27-37(6)48(59)49(67-11)47(58)36(5)26-32)35(4)28-39-22-24-43(46(29-39)66-10)70-53(63)55(8)68-12/h13-15,18-19,27,32,34-36,38-41,43-46,48-49,59,64H,16-17,20-26,28-31H2,1-12H3/b15-13+,18-14+,33-19+,37-27+/t32-,34-,35-,36+,38-,39+,40+,41+,43-,44+,45+,46-,48-,49+,54-/m1/s1. The molecule has 2 amide bonds. The van der Waals surface area contributed by atoms with Crippen LogP contribution < -0.4 is 0 Å². The normalized spacial score (nSPS) is 37.9. The second kappa shape index (κ2) is 27.8. The molecule has 2 bridgehead atoms. The molecule has 17 heteroatoms. The smallest absolute Gasteiger partial charge is 0.434 e. The van der Waals surface area contributed by atoms with Gasteiger partial charge in [-0.05, 0) is 107 Å². The van der Waals surface area contributed by atoms with Crippen LogP contribution in [0.1, 0.15) is 126 Å². The molecule has 400 valence electrons. The van der Waals surface area contributed by atoms with Crippen LogP contribution in [0.4, 0.5) is 4.79 Å². The van der Waals surface area contributed by atoms with Crippen LogP contribution in [0, 0.1) is 35.5 Å². The summed E-state index contributed by atoms with van der Waals surface area (Å²) < 4.78 is 35.4. The molecule has 0 spiro atoms. The number of aliphatic hydroxyl groups is 2.